The van der Waals surface area contributed by atoms with Gasteiger partial charge in [0.05, 0.1) is 28.3 Å². The summed E-state index contributed by atoms with van der Waals surface area (Å²) in [5.41, 5.74) is 6.09. The minimum Gasteiger partial charge on any atom is -0.378 e. The van der Waals surface area contributed by atoms with Crippen molar-refractivity contribution >= 4 is 44.9 Å². The molecule has 0 atom stereocenters. The van der Waals surface area contributed by atoms with E-state index in [0.717, 1.165) is 23.6 Å². The number of nitrogens with two attached hydrogens (primary N) is 1. The van der Waals surface area contributed by atoms with Gasteiger partial charge in [-0.15, -0.1) is 11.3 Å². The summed E-state index contributed by atoms with van der Waals surface area (Å²) in [5, 5.41) is 2.94. The lowest BCUT2D eigenvalue weighted by atomic mass is 10.3. The molecule has 0 bridgehead atoms. The Morgan fingerprint density at radius 3 is 2.95 bits per heavy atom. The monoisotopic (exact) mass is 341 g/mol. The molecule has 1 saturated heterocycles. The molecule has 2 aromatic rings. The fourth-order valence-corrected chi connectivity index (χ4v) is 3.46. The Labute approximate surface area is 136 Å². The number of hydrogen-bond donors (Lipinski definition) is 2. The summed E-state index contributed by atoms with van der Waals surface area (Å²) in [5.74, 6) is 0.610. The number of morpholine rings is 1. The molecular formula is C13H16ClN5O2S. The predicted molar refractivity (Wildman–Crippen MR) is 86.8 cm³/mol. The maximum Gasteiger partial charge on any atom is 0.261 e. The van der Waals surface area contributed by atoms with E-state index in [1.807, 2.05) is 0 Å². The van der Waals surface area contributed by atoms with Crippen molar-refractivity contribution in [1.29, 1.82) is 0 Å². The molecule has 0 unspecified atom stereocenters. The number of fused-ring (bicyclic) bond motifs is 1. The number of amides is 1. The standard InChI is InChI=1S/C13H16ClN5O2S/c14-13-17-8-7-9(12(20)16-2-1-15)22-10(8)11(18-13)19-3-5-21-6-4-19/h7H,1-6,15H2,(H,16,20). The summed E-state index contributed by atoms with van der Waals surface area (Å²) < 4.78 is 6.23. The predicted octanol–water partition coefficient (Wildman–Crippen LogP) is 0.870. The van der Waals surface area contributed by atoms with Crippen LogP contribution >= 0.6 is 22.9 Å². The Hall–Kier alpha value is -1.48. The molecule has 1 fully saturated rings. The Morgan fingerprint density at radius 1 is 1.45 bits per heavy atom. The lowest BCUT2D eigenvalue weighted by Gasteiger charge is -2.28. The number of thiophene rings is 1. The molecule has 3 heterocycles. The van der Waals surface area contributed by atoms with Crippen molar-refractivity contribution in [1.82, 2.24) is 15.3 Å². The molecule has 3 rings (SSSR count). The van der Waals surface area contributed by atoms with Gasteiger partial charge in [0.15, 0.2) is 5.82 Å². The van der Waals surface area contributed by atoms with Gasteiger partial charge in [-0.1, -0.05) is 0 Å². The summed E-state index contributed by atoms with van der Waals surface area (Å²) >= 11 is 7.39. The molecule has 0 aromatic carbocycles. The lowest BCUT2D eigenvalue weighted by molar-refractivity contribution is 0.0959. The first-order valence-corrected chi connectivity index (χ1v) is 8.16. The number of carbonyl (C=O) groups is 1. The van der Waals surface area contributed by atoms with Crippen LogP contribution in [0.3, 0.4) is 0 Å². The smallest absolute Gasteiger partial charge is 0.261 e. The molecule has 9 heteroatoms. The van der Waals surface area contributed by atoms with Crippen molar-refractivity contribution in [2.24, 2.45) is 5.73 Å². The largest absolute Gasteiger partial charge is 0.378 e. The minimum atomic E-state index is -0.155. The van der Waals surface area contributed by atoms with Crippen LogP contribution in [0.4, 0.5) is 5.82 Å². The first kappa shape index (κ1) is 15.4. The molecule has 0 radical (unpaired) electrons. The van der Waals surface area contributed by atoms with Gasteiger partial charge in [0.25, 0.3) is 5.91 Å². The molecule has 118 valence electrons. The number of anilines is 1. The number of nitrogens with one attached hydrogen (secondary N) is 1. The highest BCUT2D eigenvalue weighted by molar-refractivity contribution is 7.21. The number of aromatic nitrogens is 2. The van der Waals surface area contributed by atoms with E-state index in [1.54, 1.807) is 6.07 Å². The van der Waals surface area contributed by atoms with Gasteiger partial charge in [-0.3, -0.25) is 4.79 Å². The second-order valence-corrected chi connectivity index (χ2v) is 6.18. The zero-order valence-electron chi connectivity index (χ0n) is 11.8. The fraction of sp³-hybridized carbons (Fsp3) is 0.462. The molecule has 1 aliphatic rings. The average Bonchev–Trinajstić information content (AvgIpc) is 2.96. The average molecular weight is 342 g/mol. The zero-order chi connectivity index (χ0) is 15.5. The van der Waals surface area contributed by atoms with Gasteiger partial charge in [-0.2, -0.15) is 4.98 Å². The Morgan fingerprint density at radius 2 is 2.23 bits per heavy atom. The van der Waals surface area contributed by atoms with E-state index in [2.05, 4.69) is 20.2 Å². The van der Waals surface area contributed by atoms with Crippen LogP contribution in [0.5, 0.6) is 0 Å². The van der Waals surface area contributed by atoms with E-state index in [4.69, 9.17) is 22.1 Å². The zero-order valence-corrected chi connectivity index (χ0v) is 13.4. The highest BCUT2D eigenvalue weighted by atomic mass is 35.5. The highest BCUT2D eigenvalue weighted by Crippen LogP contribution is 2.33. The van der Waals surface area contributed by atoms with E-state index in [9.17, 15) is 4.79 Å². The van der Waals surface area contributed by atoms with Crippen LogP contribution < -0.4 is 16.0 Å². The van der Waals surface area contributed by atoms with E-state index in [-0.39, 0.29) is 11.2 Å². The molecule has 0 aliphatic carbocycles. The number of nitrogens with zero attached hydrogens (tertiary/aromatic N) is 3. The SMILES string of the molecule is NCCNC(=O)c1cc2nc(Cl)nc(N3CCOCC3)c2s1. The fourth-order valence-electron chi connectivity index (χ4n) is 2.26. The van der Waals surface area contributed by atoms with Gasteiger partial charge in [-0.05, 0) is 17.7 Å². The summed E-state index contributed by atoms with van der Waals surface area (Å²) in [4.78, 5) is 23.3. The van der Waals surface area contributed by atoms with E-state index < -0.39 is 0 Å². The van der Waals surface area contributed by atoms with Gasteiger partial charge in [-0.25, -0.2) is 4.98 Å². The normalized spacial score (nSPS) is 15.3. The van der Waals surface area contributed by atoms with Gasteiger partial charge in [0, 0.05) is 26.2 Å². The first-order chi connectivity index (χ1) is 10.7. The highest BCUT2D eigenvalue weighted by Gasteiger charge is 2.20. The van der Waals surface area contributed by atoms with E-state index in [1.165, 1.54) is 11.3 Å². The number of rotatable bonds is 4. The third kappa shape index (κ3) is 3.14. The molecule has 1 amide bonds. The first-order valence-electron chi connectivity index (χ1n) is 6.97. The van der Waals surface area contributed by atoms with Crippen molar-refractivity contribution < 1.29 is 9.53 Å². The summed E-state index contributed by atoms with van der Waals surface area (Å²) in [7, 11) is 0. The Balaban J connectivity index is 1.97. The van der Waals surface area contributed by atoms with Crippen LogP contribution in [-0.4, -0.2) is 55.3 Å². The molecule has 22 heavy (non-hydrogen) atoms. The van der Waals surface area contributed by atoms with Gasteiger partial charge in [0.2, 0.25) is 5.28 Å². The summed E-state index contributed by atoms with van der Waals surface area (Å²) in [6.07, 6.45) is 0. The van der Waals surface area contributed by atoms with Gasteiger partial charge in [0.1, 0.15) is 0 Å². The molecule has 1 aliphatic heterocycles. The van der Waals surface area contributed by atoms with Crippen molar-refractivity contribution in [3.63, 3.8) is 0 Å². The summed E-state index contributed by atoms with van der Waals surface area (Å²) in [6.45, 7) is 3.64. The van der Waals surface area contributed by atoms with Crippen LogP contribution in [0.2, 0.25) is 5.28 Å². The van der Waals surface area contributed by atoms with E-state index >= 15 is 0 Å². The Bertz CT molecular complexity index is 686. The summed E-state index contributed by atoms with van der Waals surface area (Å²) in [6, 6.07) is 1.74. The quantitative estimate of drug-likeness (QED) is 0.801. The molecule has 0 spiro atoms. The van der Waals surface area contributed by atoms with Crippen LogP contribution in [0, 0.1) is 0 Å². The third-order valence-corrected chi connectivity index (χ3v) is 4.58. The van der Waals surface area contributed by atoms with Gasteiger partial charge >= 0.3 is 0 Å². The molecule has 0 saturated carbocycles. The van der Waals surface area contributed by atoms with Crippen LogP contribution in [0.25, 0.3) is 10.2 Å². The second-order valence-electron chi connectivity index (χ2n) is 4.79. The third-order valence-electron chi connectivity index (χ3n) is 3.29. The number of halogens is 1. The van der Waals surface area contributed by atoms with Gasteiger partial charge < -0.3 is 20.7 Å². The molecule has 2 aromatic heterocycles. The second kappa shape index (κ2) is 6.74. The molecule has 3 N–H and O–H groups in total. The number of carbonyl (C=O) groups excluding carboxylic acids is 1. The lowest BCUT2D eigenvalue weighted by Crippen LogP contribution is -2.36. The van der Waals surface area contributed by atoms with E-state index in [0.29, 0.717) is 36.7 Å². The Kier molecular flexibility index (Phi) is 4.72. The van der Waals surface area contributed by atoms with Crippen LogP contribution in [-0.2, 0) is 4.74 Å². The minimum absolute atomic E-state index is 0.155. The van der Waals surface area contributed by atoms with Crippen molar-refractivity contribution in [2.45, 2.75) is 0 Å². The van der Waals surface area contributed by atoms with Crippen LogP contribution in [0.15, 0.2) is 6.07 Å². The molecule has 7 nitrogen and oxygen atoms in total. The molecular weight excluding hydrogens is 326 g/mol. The maximum atomic E-state index is 12.1. The number of hydrogen-bond acceptors (Lipinski definition) is 7. The van der Waals surface area contributed by atoms with Crippen molar-refractivity contribution in [3.8, 4) is 0 Å². The van der Waals surface area contributed by atoms with Crippen LogP contribution in [0.1, 0.15) is 9.67 Å². The topological polar surface area (TPSA) is 93.4 Å². The van der Waals surface area contributed by atoms with Crippen molar-refractivity contribution in [2.75, 3.05) is 44.3 Å². The maximum absolute atomic E-state index is 12.1. The van der Waals surface area contributed by atoms with Crippen molar-refractivity contribution in [3.05, 3.63) is 16.2 Å². The number of ether oxygens (including phenoxy) is 1.